The van der Waals surface area contributed by atoms with Gasteiger partial charge in [-0.15, -0.1) is 0 Å². The summed E-state index contributed by atoms with van der Waals surface area (Å²) < 4.78 is 0. The summed E-state index contributed by atoms with van der Waals surface area (Å²) >= 11 is 0. The van der Waals surface area contributed by atoms with Gasteiger partial charge in [-0.1, -0.05) is 51.1 Å². The van der Waals surface area contributed by atoms with Gasteiger partial charge in [0.1, 0.15) is 0 Å². The zero-order valence-corrected chi connectivity index (χ0v) is 9.53. The normalized spacial score (nSPS) is 13.5. The second-order valence-electron chi connectivity index (χ2n) is 4.93. The summed E-state index contributed by atoms with van der Waals surface area (Å²) in [6.07, 6.45) is 0.188. The van der Waals surface area contributed by atoms with E-state index in [-0.39, 0.29) is 17.8 Å². The number of aliphatic carboxylic acids is 1. The third-order valence-electron chi connectivity index (χ3n) is 2.63. The number of rotatable bonds is 3. The van der Waals surface area contributed by atoms with Crippen LogP contribution in [-0.2, 0) is 4.79 Å². The molecule has 2 nitrogen and oxygen atoms in total. The van der Waals surface area contributed by atoms with Gasteiger partial charge >= 0.3 is 5.97 Å². The summed E-state index contributed by atoms with van der Waals surface area (Å²) in [5.41, 5.74) is 1.08. The lowest BCUT2D eigenvalue weighted by Gasteiger charge is -2.29. The first-order valence-electron chi connectivity index (χ1n) is 5.18. The van der Waals surface area contributed by atoms with Gasteiger partial charge < -0.3 is 5.11 Å². The smallest absolute Gasteiger partial charge is 0.303 e. The summed E-state index contributed by atoms with van der Waals surface area (Å²) in [7, 11) is 0. The van der Waals surface area contributed by atoms with Crippen LogP contribution in [0.5, 0.6) is 0 Å². The maximum Gasteiger partial charge on any atom is 0.303 e. The van der Waals surface area contributed by atoms with Crippen molar-refractivity contribution in [3.05, 3.63) is 35.9 Å². The fourth-order valence-corrected chi connectivity index (χ4v) is 1.78. The van der Waals surface area contributed by atoms with E-state index in [2.05, 4.69) is 20.8 Å². The standard InChI is InChI=1S/C13H18O2/c1-13(2,3)11(9-12(14)15)10-7-5-4-6-8-10/h4-8,11H,9H2,1-3H3,(H,14,15). The molecule has 0 aliphatic heterocycles. The van der Waals surface area contributed by atoms with E-state index in [4.69, 9.17) is 5.11 Å². The Morgan fingerprint density at radius 3 is 2.20 bits per heavy atom. The summed E-state index contributed by atoms with van der Waals surface area (Å²) in [5.74, 6) is -0.671. The molecule has 0 saturated carbocycles. The zero-order chi connectivity index (χ0) is 11.5. The van der Waals surface area contributed by atoms with Crippen LogP contribution in [0.3, 0.4) is 0 Å². The number of hydrogen-bond donors (Lipinski definition) is 1. The van der Waals surface area contributed by atoms with Gasteiger partial charge in [0.05, 0.1) is 6.42 Å². The quantitative estimate of drug-likeness (QED) is 0.824. The molecule has 0 aromatic heterocycles. The molecule has 0 bridgehead atoms. The molecule has 82 valence electrons. The van der Waals surface area contributed by atoms with Crippen molar-refractivity contribution >= 4 is 5.97 Å². The minimum atomic E-state index is -0.737. The van der Waals surface area contributed by atoms with E-state index >= 15 is 0 Å². The van der Waals surface area contributed by atoms with Crippen LogP contribution in [0.1, 0.15) is 38.7 Å². The number of hydrogen-bond acceptors (Lipinski definition) is 1. The van der Waals surface area contributed by atoms with E-state index in [0.717, 1.165) is 5.56 Å². The monoisotopic (exact) mass is 206 g/mol. The fourth-order valence-electron chi connectivity index (χ4n) is 1.78. The molecule has 0 aliphatic carbocycles. The maximum absolute atomic E-state index is 10.8. The van der Waals surface area contributed by atoms with Crippen LogP contribution < -0.4 is 0 Å². The molecule has 0 spiro atoms. The third-order valence-corrected chi connectivity index (χ3v) is 2.63. The van der Waals surface area contributed by atoms with Crippen LogP contribution in [0, 0.1) is 5.41 Å². The lowest BCUT2D eigenvalue weighted by Crippen LogP contribution is -2.21. The average Bonchev–Trinajstić information content (AvgIpc) is 2.14. The summed E-state index contributed by atoms with van der Waals surface area (Å²) in [5, 5.41) is 8.91. The van der Waals surface area contributed by atoms with Crippen molar-refractivity contribution in [3.8, 4) is 0 Å². The number of carboxylic acid groups (broad SMARTS) is 1. The highest BCUT2D eigenvalue weighted by Crippen LogP contribution is 2.37. The lowest BCUT2D eigenvalue weighted by molar-refractivity contribution is -0.138. The molecule has 0 fully saturated rings. The second-order valence-corrected chi connectivity index (χ2v) is 4.93. The van der Waals surface area contributed by atoms with Crippen molar-refractivity contribution in [2.24, 2.45) is 5.41 Å². The molecular weight excluding hydrogens is 188 g/mol. The first-order chi connectivity index (χ1) is 6.91. The molecule has 0 heterocycles. The van der Waals surface area contributed by atoms with Crippen LogP contribution in [0.15, 0.2) is 30.3 Å². The molecule has 1 unspecified atom stereocenters. The molecule has 0 radical (unpaired) electrons. The fraction of sp³-hybridized carbons (Fsp3) is 0.462. The van der Waals surface area contributed by atoms with Gasteiger partial charge in [-0.05, 0) is 16.9 Å². The third kappa shape index (κ3) is 3.39. The Hall–Kier alpha value is -1.31. The summed E-state index contributed by atoms with van der Waals surface area (Å²) in [4.78, 5) is 10.8. The second kappa shape index (κ2) is 4.47. The molecule has 2 heteroatoms. The van der Waals surface area contributed by atoms with Crippen LogP contribution >= 0.6 is 0 Å². The van der Waals surface area contributed by atoms with Crippen molar-refractivity contribution in [2.45, 2.75) is 33.1 Å². The maximum atomic E-state index is 10.8. The number of carboxylic acids is 1. The minimum absolute atomic E-state index is 0.0280. The SMILES string of the molecule is CC(C)(C)C(CC(=O)O)c1ccccc1. The Bertz CT molecular complexity index is 322. The van der Waals surface area contributed by atoms with Crippen molar-refractivity contribution in [1.82, 2.24) is 0 Å². The predicted octanol–water partition coefficient (Wildman–Crippen LogP) is 3.29. The van der Waals surface area contributed by atoms with E-state index in [9.17, 15) is 4.79 Å². The molecule has 1 aromatic carbocycles. The van der Waals surface area contributed by atoms with Crippen molar-refractivity contribution in [2.75, 3.05) is 0 Å². The average molecular weight is 206 g/mol. The predicted molar refractivity (Wildman–Crippen MR) is 60.9 cm³/mol. The minimum Gasteiger partial charge on any atom is -0.481 e. The van der Waals surface area contributed by atoms with Crippen molar-refractivity contribution in [1.29, 1.82) is 0 Å². The van der Waals surface area contributed by atoms with Crippen LogP contribution in [0.2, 0.25) is 0 Å². The molecule has 1 N–H and O–H groups in total. The highest BCUT2D eigenvalue weighted by atomic mass is 16.4. The van der Waals surface area contributed by atoms with E-state index in [0.29, 0.717) is 0 Å². The molecule has 0 saturated heterocycles. The van der Waals surface area contributed by atoms with E-state index in [1.807, 2.05) is 30.3 Å². The Morgan fingerprint density at radius 1 is 1.27 bits per heavy atom. The first kappa shape index (κ1) is 11.8. The highest BCUT2D eigenvalue weighted by Gasteiger charge is 2.28. The van der Waals surface area contributed by atoms with Gasteiger partial charge in [-0.2, -0.15) is 0 Å². The van der Waals surface area contributed by atoms with Gasteiger partial charge in [0, 0.05) is 0 Å². The largest absolute Gasteiger partial charge is 0.481 e. The van der Waals surface area contributed by atoms with Crippen molar-refractivity contribution < 1.29 is 9.90 Å². The van der Waals surface area contributed by atoms with E-state index in [1.54, 1.807) is 0 Å². The molecule has 15 heavy (non-hydrogen) atoms. The van der Waals surface area contributed by atoms with Gasteiger partial charge in [0.25, 0.3) is 0 Å². The summed E-state index contributed by atoms with van der Waals surface area (Å²) in [6, 6.07) is 9.85. The lowest BCUT2D eigenvalue weighted by atomic mass is 9.75. The Kier molecular flexibility index (Phi) is 3.51. The molecule has 1 aromatic rings. The summed E-state index contributed by atoms with van der Waals surface area (Å²) in [6.45, 7) is 6.23. The number of carbonyl (C=O) groups is 1. The van der Waals surface area contributed by atoms with Gasteiger partial charge in [0.15, 0.2) is 0 Å². The number of benzene rings is 1. The molecule has 1 rings (SSSR count). The van der Waals surface area contributed by atoms with Crippen LogP contribution in [-0.4, -0.2) is 11.1 Å². The molecule has 0 amide bonds. The van der Waals surface area contributed by atoms with Gasteiger partial charge in [0.2, 0.25) is 0 Å². The Balaban J connectivity index is 2.97. The topological polar surface area (TPSA) is 37.3 Å². The zero-order valence-electron chi connectivity index (χ0n) is 9.53. The highest BCUT2D eigenvalue weighted by molar-refractivity contribution is 5.68. The molecule has 1 atom stereocenters. The van der Waals surface area contributed by atoms with Gasteiger partial charge in [-0.3, -0.25) is 4.79 Å². The van der Waals surface area contributed by atoms with Gasteiger partial charge in [-0.25, -0.2) is 0 Å². The molecular formula is C13H18O2. The Morgan fingerprint density at radius 2 is 1.80 bits per heavy atom. The first-order valence-corrected chi connectivity index (χ1v) is 5.18. The van der Waals surface area contributed by atoms with E-state index in [1.165, 1.54) is 0 Å². The van der Waals surface area contributed by atoms with Crippen molar-refractivity contribution in [3.63, 3.8) is 0 Å². The molecule has 0 aliphatic rings. The Labute approximate surface area is 90.9 Å². The van der Waals surface area contributed by atoms with Crippen LogP contribution in [0.4, 0.5) is 0 Å². The van der Waals surface area contributed by atoms with E-state index < -0.39 is 5.97 Å². The van der Waals surface area contributed by atoms with Crippen LogP contribution in [0.25, 0.3) is 0 Å².